The molecule has 3 amide bonds. The SMILES string of the molecule is COc1ccc2oc(C(=O)NCC(=O)N3CCC(c4ccccc4CN4CCCC4=O)CC3)cc(=O)c2c1.Cc1ccc(C)cc1. The summed E-state index contributed by atoms with van der Waals surface area (Å²) in [6.45, 7) is 6.63. The van der Waals surface area contributed by atoms with Crippen molar-refractivity contribution in [3.63, 3.8) is 0 Å². The summed E-state index contributed by atoms with van der Waals surface area (Å²) in [5.74, 6) is 0.0985. The van der Waals surface area contributed by atoms with Crippen molar-refractivity contribution in [2.45, 2.75) is 52.0 Å². The summed E-state index contributed by atoms with van der Waals surface area (Å²) in [4.78, 5) is 53.7. The lowest BCUT2D eigenvalue weighted by atomic mass is 9.86. The van der Waals surface area contributed by atoms with Gasteiger partial charge in [0.2, 0.25) is 11.8 Å². The number of nitrogens with one attached hydrogen (secondary N) is 1. The molecule has 4 aromatic rings. The number of benzene rings is 3. The number of hydrogen-bond acceptors (Lipinski definition) is 6. The molecule has 0 radical (unpaired) electrons. The molecule has 9 heteroatoms. The molecule has 0 aliphatic carbocycles. The maximum Gasteiger partial charge on any atom is 0.287 e. The van der Waals surface area contributed by atoms with E-state index in [1.54, 1.807) is 23.1 Å². The molecule has 2 saturated heterocycles. The molecule has 46 heavy (non-hydrogen) atoms. The van der Waals surface area contributed by atoms with Gasteiger partial charge in [-0.15, -0.1) is 0 Å². The number of fused-ring (bicyclic) bond motifs is 1. The van der Waals surface area contributed by atoms with E-state index < -0.39 is 5.91 Å². The second-order valence-corrected chi connectivity index (χ2v) is 11.9. The fraction of sp³-hybridized carbons (Fsp3) is 0.351. The molecule has 3 heterocycles. The van der Waals surface area contributed by atoms with Crippen molar-refractivity contribution < 1.29 is 23.5 Å². The van der Waals surface area contributed by atoms with E-state index in [1.807, 2.05) is 17.0 Å². The van der Waals surface area contributed by atoms with Crippen molar-refractivity contribution in [1.82, 2.24) is 15.1 Å². The largest absolute Gasteiger partial charge is 0.497 e. The first-order chi connectivity index (χ1) is 22.2. The van der Waals surface area contributed by atoms with E-state index in [0.717, 1.165) is 31.9 Å². The van der Waals surface area contributed by atoms with Gasteiger partial charge >= 0.3 is 0 Å². The lowest BCUT2D eigenvalue weighted by Crippen LogP contribution is -2.44. The number of nitrogens with zero attached hydrogens (tertiary/aromatic N) is 2. The third-order valence-corrected chi connectivity index (χ3v) is 8.65. The van der Waals surface area contributed by atoms with Crippen LogP contribution in [0.1, 0.15) is 64.4 Å². The lowest BCUT2D eigenvalue weighted by molar-refractivity contribution is -0.131. The Morgan fingerprint density at radius 1 is 0.913 bits per heavy atom. The van der Waals surface area contributed by atoms with Gasteiger partial charge in [-0.1, -0.05) is 59.7 Å². The highest BCUT2D eigenvalue weighted by atomic mass is 16.5. The maximum absolute atomic E-state index is 12.8. The number of piperidine rings is 1. The van der Waals surface area contributed by atoms with Gasteiger partial charge in [0.25, 0.3) is 5.91 Å². The molecular weight excluding hydrogens is 582 g/mol. The number of carbonyl (C=O) groups excluding carboxylic acids is 3. The van der Waals surface area contributed by atoms with Crippen LogP contribution in [0.5, 0.6) is 5.75 Å². The average Bonchev–Trinajstić information content (AvgIpc) is 3.48. The quantitative estimate of drug-likeness (QED) is 0.297. The number of carbonyl (C=O) groups is 3. The molecule has 0 atom stereocenters. The van der Waals surface area contributed by atoms with E-state index >= 15 is 0 Å². The number of likely N-dealkylation sites (tertiary alicyclic amines) is 2. The van der Waals surface area contributed by atoms with Crippen LogP contribution >= 0.6 is 0 Å². The average molecular weight is 624 g/mol. The van der Waals surface area contributed by atoms with Gasteiger partial charge in [0.05, 0.1) is 19.0 Å². The maximum atomic E-state index is 12.8. The van der Waals surface area contributed by atoms with E-state index in [1.165, 1.54) is 29.4 Å². The molecule has 9 nitrogen and oxygen atoms in total. The van der Waals surface area contributed by atoms with Crippen LogP contribution < -0.4 is 15.5 Å². The highest BCUT2D eigenvalue weighted by molar-refractivity contribution is 5.95. The minimum atomic E-state index is -0.617. The Kier molecular flexibility index (Phi) is 10.5. The molecule has 2 aliphatic heterocycles. The van der Waals surface area contributed by atoms with E-state index in [-0.39, 0.29) is 35.1 Å². The van der Waals surface area contributed by atoms with Crippen LogP contribution in [0.15, 0.2) is 82.0 Å². The van der Waals surface area contributed by atoms with Gasteiger partial charge in [-0.2, -0.15) is 0 Å². The van der Waals surface area contributed by atoms with Crippen LogP contribution in [0.2, 0.25) is 0 Å². The first-order valence-corrected chi connectivity index (χ1v) is 15.8. The van der Waals surface area contributed by atoms with Crippen LogP contribution in [0, 0.1) is 13.8 Å². The van der Waals surface area contributed by atoms with E-state index in [9.17, 15) is 19.2 Å². The van der Waals surface area contributed by atoms with Crippen molar-refractivity contribution in [1.29, 1.82) is 0 Å². The zero-order valence-electron chi connectivity index (χ0n) is 26.7. The number of hydrogen-bond donors (Lipinski definition) is 1. The molecule has 0 saturated carbocycles. The molecular formula is C37H41N3O6. The van der Waals surface area contributed by atoms with E-state index in [0.29, 0.717) is 43.1 Å². The monoisotopic (exact) mass is 623 g/mol. The van der Waals surface area contributed by atoms with Gasteiger partial charge in [-0.05, 0) is 68.4 Å². The Labute approximate surface area is 269 Å². The standard InChI is InChI=1S/C29H31N3O6.C8H10/c1-37-21-8-9-25-23(15-21)24(33)16-26(38-25)29(36)30-17-28(35)31-13-10-19(11-14-31)22-6-3-2-5-20(22)18-32-12-4-7-27(32)34;1-7-3-5-8(2)6-4-7/h2-3,5-6,8-9,15-16,19H,4,7,10-14,17-18H2,1H3,(H,30,36);3-6H,1-2H3. The zero-order chi connectivity index (χ0) is 32.6. The van der Waals surface area contributed by atoms with Crippen LogP contribution in [0.25, 0.3) is 11.0 Å². The molecule has 0 unspecified atom stereocenters. The number of rotatable bonds is 7. The Hall–Kier alpha value is -4.92. The summed E-state index contributed by atoms with van der Waals surface area (Å²) < 4.78 is 10.7. The van der Waals surface area contributed by atoms with Crippen LogP contribution in [-0.4, -0.2) is 60.8 Å². The lowest BCUT2D eigenvalue weighted by Gasteiger charge is -2.33. The molecule has 3 aromatic carbocycles. The molecule has 240 valence electrons. The van der Waals surface area contributed by atoms with Crippen molar-refractivity contribution in [2.75, 3.05) is 33.3 Å². The zero-order valence-corrected chi connectivity index (χ0v) is 26.7. The molecule has 0 bridgehead atoms. The highest BCUT2D eigenvalue weighted by Gasteiger charge is 2.27. The highest BCUT2D eigenvalue weighted by Crippen LogP contribution is 2.31. The molecule has 1 aromatic heterocycles. The summed E-state index contributed by atoms with van der Waals surface area (Å²) in [6.07, 6.45) is 3.17. The van der Waals surface area contributed by atoms with Gasteiger partial charge in [-0.3, -0.25) is 19.2 Å². The third kappa shape index (κ3) is 8.02. The number of ether oxygens (including phenoxy) is 1. The predicted molar refractivity (Wildman–Crippen MR) is 177 cm³/mol. The first-order valence-electron chi connectivity index (χ1n) is 15.8. The molecule has 6 rings (SSSR count). The van der Waals surface area contributed by atoms with E-state index in [2.05, 4.69) is 55.6 Å². The molecule has 1 N–H and O–H groups in total. The van der Waals surface area contributed by atoms with Crippen molar-refractivity contribution in [2.24, 2.45) is 0 Å². The van der Waals surface area contributed by atoms with Crippen molar-refractivity contribution in [3.8, 4) is 5.75 Å². The van der Waals surface area contributed by atoms with Crippen LogP contribution in [0.4, 0.5) is 0 Å². The van der Waals surface area contributed by atoms with Gasteiger partial charge < -0.3 is 24.3 Å². The second kappa shape index (κ2) is 14.9. The Morgan fingerprint density at radius 2 is 1.61 bits per heavy atom. The Balaban J connectivity index is 0.000000455. The topological polar surface area (TPSA) is 109 Å². The predicted octanol–water partition coefficient (Wildman–Crippen LogP) is 5.36. The number of amides is 3. The summed E-state index contributed by atoms with van der Waals surface area (Å²) >= 11 is 0. The normalized spacial score (nSPS) is 15.0. The first kappa shape index (κ1) is 32.5. The molecule has 0 spiro atoms. The third-order valence-electron chi connectivity index (χ3n) is 8.65. The van der Waals surface area contributed by atoms with Gasteiger partial charge in [-0.25, -0.2) is 0 Å². The summed E-state index contributed by atoms with van der Waals surface area (Å²) in [5, 5.41) is 2.90. The second-order valence-electron chi connectivity index (χ2n) is 11.9. The van der Waals surface area contributed by atoms with Crippen LogP contribution in [0.3, 0.4) is 0 Å². The smallest absolute Gasteiger partial charge is 0.287 e. The van der Waals surface area contributed by atoms with Gasteiger partial charge in [0.15, 0.2) is 11.2 Å². The summed E-state index contributed by atoms with van der Waals surface area (Å²) in [7, 11) is 1.50. The summed E-state index contributed by atoms with van der Waals surface area (Å²) in [5.41, 5.74) is 4.99. The van der Waals surface area contributed by atoms with E-state index in [4.69, 9.17) is 9.15 Å². The van der Waals surface area contributed by atoms with Crippen molar-refractivity contribution in [3.05, 3.63) is 111 Å². The Bertz CT molecular complexity index is 1730. The summed E-state index contributed by atoms with van der Waals surface area (Å²) in [6, 6.07) is 22.6. The minimum absolute atomic E-state index is 0.146. The minimum Gasteiger partial charge on any atom is -0.497 e. The van der Waals surface area contributed by atoms with Crippen molar-refractivity contribution >= 4 is 28.7 Å². The number of aryl methyl sites for hydroxylation is 2. The fourth-order valence-corrected chi connectivity index (χ4v) is 5.96. The molecule has 2 fully saturated rings. The Morgan fingerprint density at radius 3 is 2.26 bits per heavy atom. The fourth-order valence-electron chi connectivity index (χ4n) is 5.96. The van der Waals surface area contributed by atoms with Crippen LogP contribution in [-0.2, 0) is 16.1 Å². The van der Waals surface area contributed by atoms with Gasteiger partial charge in [0.1, 0.15) is 11.3 Å². The number of methoxy groups -OCH3 is 1. The van der Waals surface area contributed by atoms with Gasteiger partial charge in [0, 0.05) is 38.7 Å². The molecule has 2 aliphatic rings.